The van der Waals surface area contributed by atoms with Gasteiger partial charge in [-0.3, -0.25) is 15.0 Å². The zero-order valence-corrected chi connectivity index (χ0v) is 15.3. The van der Waals surface area contributed by atoms with Crippen LogP contribution in [0, 0.1) is 12.7 Å². The Balaban J connectivity index is 2.32. The predicted molar refractivity (Wildman–Crippen MR) is 96.0 cm³/mol. The Morgan fingerprint density at radius 1 is 1.08 bits per heavy atom. The summed E-state index contributed by atoms with van der Waals surface area (Å²) in [6.07, 6.45) is 0. The van der Waals surface area contributed by atoms with E-state index in [9.17, 15) is 14.0 Å². The fraction of sp³-hybridized carbons (Fsp3) is 0.263. The third-order valence-electron chi connectivity index (χ3n) is 3.69. The van der Waals surface area contributed by atoms with Crippen molar-refractivity contribution in [3.05, 3.63) is 70.0 Å². The number of amides is 2. The van der Waals surface area contributed by atoms with Gasteiger partial charge in [0, 0.05) is 16.1 Å². The summed E-state index contributed by atoms with van der Waals surface area (Å²) in [6, 6.07) is 10.2. The Kier molecular flexibility index (Phi) is 5.48. The summed E-state index contributed by atoms with van der Waals surface area (Å²) in [6.45, 7) is 7.11. The monoisotopic (exact) mass is 362 g/mol. The second-order valence-corrected chi connectivity index (χ2v) is 7.08. The van der Waals surface area contributed by atoms with E-state index in [1.165, 1.54) is 29.3 Å². The van der Waals surface area contributed by atoms with Gasteiger partial charge in [-0.15, -0.1) is 0 Å². The second kappa shape index (κ2) is 7.23. The van der Waals surface area contributed by atoms with Crippen LogP contribution in [0.1, 0.15) is 47.1 Å². The normalized spacial score (nSPS) is 11.1. The molecule has 0 aliphatic carbocycles. The summed E-state index contributed by atoms with van der Waals surface area (Å²) >= 11 is 6.06. The van der Waals surface area contributed by atoms with Crippen LogP contribution in [-0.4, -0.2) is 22.4 Å². The van der Waals surface area contributed by atoms with Crippen molar-refractivity contribution in [2.45, 2.75) is 33.2 Å². The minimum absolute atomic E-state index is 0.277. The summed E-state index contributed by atoms with van der Waals surface area (Å²) < 4.78 is 13.1. The van der Waals surface area contributed by atoms with E-state index >= 15 is 0 Å². The molecule has 0 atom stereocenters. The van der Waals surface area contributed by atoms with E-state index in [4.69, 9.17) is 11.6 Å². The van der Waals surface area contributed by atoms with Crippen LogP contribution in [0.5, 0.6) is 0 Å². The minimum atomic E-state index is -0.687. The van der Waals surface area contributed by atoms with Crippen LogP contribution in [0.2, 0.25) is 5.02 Å². The highest BCUT2D eigenvalue weighted by Gasteiger charge is 2.30. The standard InChI is InChI=1S/C19H20ClFN2O2/c1-12-15(6-5-7-16(12)20)17(24)22-23(19(2,3)4)18(25)13-8-10-14(21)11-9-13/h5-11H,1-4H3,(H,22,24). The van der Waals surface area contributed by atoms with Gasteiger partial charge < -0.3 is 0 Å². The summed E-state index contributed by atoms with van der Waals surface area (Å²) in [5.74, 6) is -1.30. The van der Waals surface area contributed by atoms with Gasteiger partial charge in [0.1, 0.15) is 5.82 Å². The van der Waals surface area contributed by atoms with Gasteiger partial charge in [0.2, 0.25) is 0 Å². The van der Waals surface area contributed by atoms with Gasteiger partial charge in [-0.05, 0) is 69.7 Å². The van der Waals surface area contributed by atoms with Crippen LogP contribution < -0.4 is 5.43 Å². The molecule has 4 nitrogen and oxygen atoms in total. The zero-order valence-electron chi connectivity index (χ0n) is 14.6. The molecule has 132 valence electrons. The molecule has 6 heteroatoms. The lowest BCUT2D eigenvalue weighted by Crippen LogP contribution is -2.56. The number of carbonyl (C=O) groups excluding carboxylic acids is 2. The largest absolute Gasteiger partial charge is 0.272 e. The topological polar surface area (TPSA) is 49.4 Å². The molecule has 2 aromatic rings. The van der Waals surface area contributed by atoms with E-state index in [0.717, 1.165) is 0 Å². The molecule has 0 fully saturated rings. The number of rotatable bonds is 2. The number of carbonyl (C=O) groups is 2. The van der Waals surface area contributed by atoms with Crippen molar-refractivity contribution in [1.29, 1.82) is 0 Å². The maximum Gasteiger partial charge on any atom is 0.272 e. The second-order valence-electron chi connectivity index (χ2n) is 6.67. The first kappa shape index (κ1) is 18.9. The van der Waals surface area contributed by atoms with Gasteiger partial charge in [-0.25, -0.2) is 9.40 Å². The first-order chi connectivity index (χ1) is 11.6. The highest BCUT2D eigenvalue weighted by molar-refractivity contribution is 6.31. The number of hydrogen-bond donors (Lipinski definition) is 1. The highest BCUT2D eigenvalue weighted by atomic mass is 35.5. The lowest BCUT2D eigenvalue weighted by molar-refractivity contribution is 0.0358. The van der Waals surface area contributed by atoms with Crippen LogP contribution in [0.3, 0.4) is 0 Å². The maximum absolute atomic E-state index is 13.1. The highest BCUT2D eigenvalue weighted by Crippen LogP contribution is 2.20. The van der Waals surface area contributed by atoms with Gasteiger partial charge in [0.05, 0.1) is 5.54 Å². The van der Waals surface area contributed by atoms with Gasteiger partial charge >= 0.3 is 0 Å². The van der Waals surface area contributed by atoms with E-state index in [0.29, 0.717) is 16.1 Å². The molecule has 2 rings (SSSR count). The van der Waals surface area contributed by atoms with Crippen molar-refractivity contribution < 1.29 is 14.0 Å². The van der Waals surface area contributed by atoms with Gasteiger partial charge in [-0.2, -0.15) is 0 Å². The van der Waals surface area contributed by atoms with Gasteiger partial charge in [0.15, 0.2) is 0 Å². The fourth-order valence-electron chi connectivity index (χ4n) is 2.26. The molecule has 0 spiro atoms. The fourth-order valence-corrected chi connectivity index (χ4v) is 2.43. The molecule has 1 N–H and O–H groups in total. The first-order valence-corrected chi connectivity index (χ1v) is 8.15. The maximum atomic E-state index is 13.1. The predicted octanol–water partition coefficient (Wildman–Crippen LogP) is 4.37. The van der Waals surface area contributed by atoms with E-state index in [2.05, 4.69) is 5.43 Å². The van der Waals surface area contributed by atoms with Crippen molar-refractivity contribution >= 4 is 23.4 Å². The average molecular weight is 363 g/mol. The number of hydrazine groups is 1. The Hall–Kier alpha value is -2.40. The van der Waals surface area contributed by atoms with Crippen molar-refractivity contribution in [2.75, 3.05) is 0 Å². The molecule has 0 aromatic heterocycles. The van der Waals surface area contributed by atoms with Crippen molar-refractivity contribution in [1.82, 2.24) is 10.4 Å². The smallest absolute Gasteiger partial charge is 0.267 e. The molecule has 0 saturated carbocycles. The molecular formula is C19H20ClFN2O2. The molecule has 0 bridgehead atoms. The molecule has 0 heterocycles. The van der Waals surface area contributed by atoms with Crippen molar-refractivity contribution in [2.24, 2.45) is 0 Å². The summed E-state index contributed by atoms with van der Waals surface area (Å²) in [5.41, 5.74) is 3.25. The minimum Gasteiger partial charge on any atom is -0.267 e. The Morgan fingerprint density at radius 2 is 1.68 bits per heavy atom. The van der Waals surface area contributed by atoms with E-state index < -0.39 is 23.2 Å². The molecule has 0 radical (unpaired) electrons. The van der Waals surface area contributed by atoms with E-state index in [1.807, 2.05) is 0 Å². The van der Waals surface area contributed by atoms with Crippen LogP contribution >= 0.6 is 11.6 Å². The third-order valence-corrected chi connectivity index (χ3v) is 4.10. The molecule has 0 saturated heterocycles. The van der Waals surface area contributed by atoms with Crippen molar-refractivity contribution in [3.63, 3.8) is 0 Å². The number of nitrogens with one attached hydrogen (secondary N) is 1. The van der Waals surface area contributed by atoms with Crippen LogP contribution in [0.4, 0.5) is 4.39 Å². The van der Waals surface area contributed by atoms with Crippen LogP contribution in [0.15, 0.2) is 42.5 Å². The van der Waals surface area contributed by atoms with Crippen LogP contribution in [-0.2, 0) is 0 Å². The van der Waals surface area contributed by atoms with Crippen molar-refractivity contribution in [3.8, 4) is 0 Å². The van der Waals surface area contributed by atoms with E-state index in [1.54, 1.807) is 45.9 Å². The number of hydrogen-bond acceptors (Lipinski definition) is 2. The Labute approximate surface area is 151 Å². The lowest BCUT2D eigenvalue weighted by atomic mass is 10.1. The number of nitrogens with zero attached hydrogens (tertiary/aromatic N) is 1. The molecule has 0 unspecified atom stereocenters. The molecular weight excluding hydrogens is 343 g/mol. The Morgan fingerprint density at radius 3 is 2.24 bits per heavy atom. The quantitative estimate of drug-likeness (QED) is 0.806. The molecule has 2 amide bonds. The SMILES string of the molecule is Cc1c(Cl)cccc1C(=O)NN(C(=O)c1ccc(F)cc1)C(C)(C)C. The zero-order chi connectivity index (χ0) is 18.8. The molecule has 25 heavy (non-hydrogen) atoms. The third kappa shape index (κ3) is 4.37. The average Bonchev–Trinajstić information content (AvgIpc) is 2.54. The van der Waals surface area contributed by atoms with Gasteiger partial charge in [-0.1, -0.05) is 17.7 Å². The molecule has 2 aromatic carbocycles. The molecule has 0 aliphatic rings. The molecule has 0 aliphatic heterocycles. The van der Waals surface area contributed by atoms with E-state index in [-0.39, 0.29) is 5.56 Å². The van der Waals surface area contributed by atoms with Gasteiger partial charge in [0.25, 0.3) is 11.8 Å². The van der Waals surface area contributed by atoms with Crippen LogP contribution in [0.25, 0.3) is 0 Å². The summed E-state index contributed by atoms with van der Waals surface area (Å²) in [5, 5.41) is 1.71. The first-order valence-electron chi connectivity index (χ1n) is 7.77. The number of benzene rings is 2. The summed E-state index contributed by atoms with van der Waals surface area (Å²) in [7, 11) is 0. The summed E-state index contributed by atoms with van der Waals surface area (Å²) in [4.78, 5) is 25.4. The Bertz CT molecular complexity index is 798. The number of halogens is 2. The lowest BCUT2D eigenvalue weighted by Gasteiger charge is -2.35.